The summed E-state index contributed by atoms with van der Waals surface area (Å²) in [5.74, 6) is 0.495. The van der Waals surface area contributed by atoms with Gasteiger partial charge in [-0.3, -0.25) is 0 Å². The minimum atomic E-state index is 0.495. The molecule has 10 aromatic rings. The third-order valence-electron chi connectivity index (χ3n) is 11.4. The van der Waals surface area contributed by atoms with Gasteiger partial charge in [-0.25, -0.2) is 0 Å². The van der Waals surface area contributed by atoms with E-state index in [-0.39, 0.29) is 0 Å². The van der Waals surface area contributed by atoms with Crippen LogP contribution >= 0.6 is 11.3 Å². The Labute approximate surface area is 329 Å². The number of fused-ring (bicyclic) bond motifs is 7. The molecule has 3 heteroatoms. The van der Waals surface area contributed by atoms with Crippen molar-refractivity contribution >= 4 is 86.9 Å². The van der Waals surface area contributed by atoms with Crippen molar-refractivity contribution in [2.24, 2.45) is 5.92 Å². The number of thiophene rings is 1. The Morgan fingerprint density at radius 1 is 0.482 bits per heavy atom. The normalized spacial score (nSPS) is 14.3. The van der Waals surface area contributed by atoms with Crippen LogP contribution in [-0.4, -0.2) is 0 Å². The fourth-order valence-corrected chi connectivity index (χ4v) is 10.1. The second kappa shape index (κ2) is 13.3. The zero-order valence-corrected chi connectivity index (χ0v) is 31.8. The molecule has 0 N–H and O–H groups in total. The number of allylic oxidation sites excluding steroid dienone is 4. The SMILES string of the molecule is CC1C=C(c2cccc3cccc(-c4ccccc4N(c4ccccc4-c4cccc5oc6ccccc6c45)c4cccc5sc6ccccc6c45)c23)C=CC1. The first kappa shape index (κ1) is 32.7. The molecule has 0 saturated heterocycles. The van der Waals surface area contributed by atoms with Gasteiger partial charge in [0.25, 0.3) is 0 Å². The van der Waals surface area contributed by atoms with Crippen LogP contribution in [-0.2, 0) is 0 Å². The molecule has 2 aromatic heterocycles. The van der Waals surface area contributed by atoms with Crippen molar-refractivity contribution in [3.63, 3.8) is 0 Å². The van der Waals surface area contributed by atoms with Crippen LogP contribution in [0.2, 0.25) is 0 Å². The Hall–Kier alpha value is -6.68. The Morgan fingerprint density at radius 2 is 1.05 bits per heavy atom. The van der Waals surface area contributed by atoms with Crippen LogP contribution in [0.25, 0.3) is 80.7 Å². The summed E-state index contributed by atoms with van der Waals surface area (Å²) in [6, 6.07) is 61.8. The summed E-state index contributed by atoms with van der Waals surface area (Å²) < 4.78 is 9.00. The van der Waals surface area contributed by atoms with Gasteiger partial charge in [0.05, 0.1) is 17.1 Å². The Balaban J connectivity index is 1.24. The van der Waals surface area contributed by atoms with Gasteiger partial charge in [0, 0.05) is 42.1 Å². The lowest BCUT2D eigenvalue weighted by Gasteiger charge is -2.31. The molecule has 0 spiro atoms. The Morgan fingerprint density at radius 3 is 1.84 bits per heavy atom. The number of para-hydroxylation sites is 3. The highest BCUT2D eigenvalue weighted by Gasteiger charge is 2.26. The van der Waals surface area contributed by atoms with E-state index in [1.54, 1.807) is 0 Å². The molecule has 8 aromatic carbocycles. The van der Waals surface area contributed by atoms with Gasteiger partial charge in [-0.2, -0.15) is 0 Å². The summed E-state index contributed by atoms with van der Waals surface area (Å²) in [6.45, 7) is 2.31. The van der Waals surface area contributed by atoms with Crippen molar-refractivity contribution in [3.05, 3.63) is 194 Å². The van der Waals surface area contributed by atoms with E-state index in [1.165, 1.54) is 53.2 Å². The third kappa shape index (κ3) is 5.23. The zero-order chi connectivity index (χ0) is 37.2. The molecule has 0 aliphatic heterocycles. The number of furan rings is 1. The average molecular weight is 736 g/mol. The molecular weight excluding hydrogens is 699 g/mol. The molecule has 1 aliphatic carbocycles. The predicted molar refractivity (Wildman–Crippen MR) is 241 cm³/mol. The van der Waals surface area contributed by atoms with Crippen LogP contribution in [0.15, 0.2) is 193 Å². The van der Waals surface area contributed by atoms with Gasteiger partial charge in [-0.15, -0.1) is 11.3 Å². The molecule has 0 bridgehead atoms. The van der Waals surface area contributed by atoms with Gasteiger partial charge in [0.1, 0.15) is 11.2 Å². The Kier molecular flexibility index (Phi) is 7.75. The standard InChI is InChI=1S/C53H37NOS/c1-34-15-10-18-36(33-34)37-23-11-16-35-17-12-24-40(51(35)37)38-19-2-6-26-44(38)54(46-28-14-32-50-53(46)43-22-5-9-31-49(43)56-50)45-27-7-3-20-39(45)41-25-13-30-48-52(41)42-21-4-8-29-47(42)55-48/h2-14,16-34H,15H2,1H3. The van der Waals surface area contributed by atoms with Gasteiger partial charge in [-0.05, 0) is 87.8 Å². The first-order valence-corrected chi connectivity index (χ1v) is 20.2. The molecule has 11 rings (SSSR count). The summed E-state index contributed by atoms with van der Waals surface area (Å²) in [6.07, 6.45) is 8.14. The number of hydrogen-bond donors (Lipinski definition) is 0. The maximum atomic E-state index is 6.44. The van der Waals surface area contributed by atoms with Crippen LogP contribution in [0.3, 0.4) is 0 Å². The van der Waals surface area contributed by atoms with Crippen LogP contribution in [0.5, 0.6) is 0 Å². The van der Waals surface area contributed by atoms with Crippen LogP contribution in [0, 0.1) is 5.92 Å². The van der Waals surface area contributed by atoms with Gasteiger partial charge < -0.3 is 9.32 Å². The quantitative estimate of drug-likeness (QED) is 0.169. The molecule has 56 heavy (non-hydrogen) atoms. The van der Waals surface area contributed by atoms with E-state index in [4.69, 9.17) is 4.42 Å². The van der Waals surface area contributed by atoms with E-state index < -0.39 is 0 Å². The highest BCUT2D eigenvalue weighted by atomic mass is 32.1. The fraction of sp³-hybridized carbons (Fsp3) is 0.0566. The monoisotopic (exact) mass is 735 g/mol. The molecule has 266 valence electrons. The first-order chi connectivity index (χ1) is 27.7. The average Bonchev–Trinajstić information content (AvgIpc) is 3.83. The summed E-state index contributed by atoms with van der Waals surface area (Å²) in [5.41, 5.74) is 12.4. The number of benzene rings is 8. The van der Waals surface area contributed by atoms with Gasteiger partial charge >= 0.3 is 0 Å². The fourth-order valence-electron chi connectivity index (χ4n) is 8.95. The van der Waals surface area contributed by atoms with E-state index in [0.717, 1.165) is 56.5 Å². The molecule has 1 unspecified atom stereocenters. The lowest BCUT2D eigenvalue weighted by atomic mass is 9.87. The molecule has 0 saturated carbocycles. The van der Waals surface area contributed by atoms with Crippen molar-refractivity contribution in [1.29, 1.82) is 0 Å². The summed E-state index contributed by atoms with van der Waals surface area (Å²) in [5, 5.41) is 7.28. The highest BCUT2D eigenvalue weighted by molar-refractivity contribution is 7.26. The van der Waals surface area contributed by atoms with E-state index in [2.05, 4.69) is 194 Å². The lowest BCUT2D eigenvalue weighted by Crippen LogP contribution is -2.13. The maximum Gasteiger partial charge on any atom is 0.136 e. The minimum absolute atomic E-state index is 0.495. The van der Waals surface area contributed by atoms with Crippen molar-refractivity contribution in [2.75, 3.05) is 4.90 Å². The lowest BCUT2D eigenvalue weighted by molar-refractivity contribution is 0.669. The van der Waals surface area contributed by atoms with Crippen LogP contribution < -0.4 is 4.90 Å². The number of nitrogens with zero attached hydrogens (tertiary/aromatic N) is 1. The molecule has 2 heterocycles. The second-order valence-corrected chi connectivity index (χ2v) is 15.9. The number of hydrogen-bond acceptors (Lipinski definition) is 3. The predicted octanol–water partition coefficient (Wildman–Crippen LogP) is 15.9. The number of anilines is 3. The highest BCUT2D eigenvalue weighted by Crippen LogP contribution is 2.51. The van der Waals surface area contributed by atoms with E-state index >= 15 is 0 Å². The molecule has 0 radical (unpaired) electrons. The minimum Gasteiger partial charge on any atom is -0.456 e. The third-order valence-corrected chi connectivity index (χ3v) is 12.5. The van der Waals surface area contributed by atoms with Crippen LogP contribution in [0.1, 0.15) is 18.9 Å². The number of rotatable bonds is 6. The van der Waals surface area contributed by atoms with E-state index in [1.807, 2.05) is 17.4 Å². The molecular formula is C53H37NOS. The zero-order valence-electron chi connectivity index (χ0n) is 30.9. The summed E-state index contributed by atoms with van der Waals surface area (Å²) >= 11 is 1.86. The topological polar surface area (TPSA) is 16.4 Å². The molecule has 0 fully saturated rings. The van der Waals surface area contributed by atoms with Gasteiger partial charge in [0.2, 0.25) is 0 Å². The van der Waals surface area contributed by atoms with Crippen LogP contribution in [0.4, 0.5) is 17.1 Å². The largest absolute Gasteiger partial charge is 0.456 e. The summed E-state index contributed by atoms with van der Waals surface area (Å²) in [7, 11) is 0. The second-order valence-electron chi connectivity index (χ2n) is 14.8. The smallest absolute Gasteiger partial charge is 0.136 e. The van der Waals surface area contributed by atoms with Gasteiger partial charge in [-0.1, -0.05) is 153 Å². The maximum absolute atomic E-state index is 6.44. The summed E-state index contributed by atoms with van der Waals surface area (Å²) in [4.78, 5) is 2.52. The first-order valence-electron chi connectivity index (χ1n) is 19.4. The van der Waals surface area contributed by atoms with Crippen molar-refractivity contribution in [2.45, 2.75) is 13.3 Å². The van der Waals surface area contributed by atoms with Crippen molar-refractivity contribution in [1.82, 2.24) is 0 Å². The van der Waals surface area contributed by atoms with E-state index in [0.29, 0.717) is 5.92 Å². The van der Waals surface area contributed by atoms with E-state index in [9.17, 15) is 0 Å². The molecule has 2 nitrogen and oxygen atoms in total. The van der Waals surface area contributed by atoms with Gasteiger partial charge in [0.15, 0.2) is 0 Å². The van der Waals surface area contributed by atoms with Crippen molar-refractivity contribution in [3.8, 4) is 22.3 Å². The molecule has 1 atom stereocenters. The van der Waals surface area contributed by atoms with Crippen molar-refractivity contribution < 1.29 is 4.42 Å². The molecule has 1 aliphatic rings. The Bertz CT molecular complexity index is 3210. The molecule has 0 amide bonds.